The van der Waals surface area contributed by atoms with Gasteiger partial charge >= 0.3 is 0 Å². The molecule has 0 unspecified atom stereocenters. The van der Waals surface area contributed by atoms with Crippen LogP contribution in [-0.4, -0.2) is 7.11 Å². The fraction of sp³-hybridized carbons (Fsp3) is 0.143. The van der Waals surface area contributed by atoms with Crippen molar-refractivity contribution in [3.8, 4) is 5.75 Å². The van der Waals surface area contributed by atoms with Crippen LogP contribution in [0.15, 0.2) is 40.9 Å². The van der Waals surface area contributed by atoms with Gasteiger partial charge in [-0.15, -0.1) is 0 Å². The van der Waals surface area contributed by atoms with E-state index in [4.69, 9.17) is 10.5 Å². The van der Waals surface area contributed by atoms with Crippen molar-refractivity contribution >= 4 is 33.0 Å². The Balaban J connectivity index is 2.30. The monoisotopic (exact) mass is 306 g/mol. The second-order valence-electron chi connectivity index (χ2n) is 4.05. The largest absolute Gasteiger partial charge is 0.497 e. The number of ether oxygens (including phenoxy) is 1. The van der Waals surface area contributed by atoms with E-state index in [-0.39, 0.29) is 0 Å². The molecule has 0 radical (unpaired) electrons. The van der Waals surface area contributed by atoms with Crippen LogP contribution in [0.5, 0.6) is 5.75 Å². The summed E-state index contributed by atoms with van der Waals surface area (Å²) in [5.41, 5.74) is 9.62. The second-order valence-corrected chi connectivity index (χ2v) is 4.90. The molecule has 2 aromatic carbocycles. The van der Waals surface area contributed by atoms with Gasteiger partial charge in [-0.05, 0) is 52.7 Å². The van der Waals surface area contributed by atoms with E-state index >= 15 is 0 Å². The molecular weight excluding hydrogens is 292 g/mol. The average molecular weight is 307 g/mol. The highest BCUT2D eigenvalue weighted by Crippen LogP contribution is 2.31. The Morgan fingerprint density at radius 3 is 2.72 bits per heavy atom. The smallest absolute Gasteiger partial charge is 0.120 e. The lowest BCUT2D eigenvalue weighted by atomic mass is 10.2. The quantitative estimate of drug-likeness (QED) is 0.840. The van der Waals surface area contributed by atoms with Gasteiger partial charge in [0, 0.05) is 21.9 Å². The molecule has 3 N–H and O–H groups in total. The number of hydrogen-bond donors (Lipinski definition) is 2. The maximum Gasteiger partial charge on any atom is 0.120 e. The summed E-state index contributed by atoms with van der Waals surface area (Å²) in [5.74, 6) is 0.822. The number of nitrogens with one attached hydrogen (secondary N) is 1. The van der Waals surface area contributed by atoms with E-state index in [2.05, 4.69) is 21.2 Å². The van der Waals surface area contributed by atoms with Gasteiger partial charge in [0.25, 0.3) is 0 Å². The highest BCUT2D eigenvalue weighted by atomic mass is 79.9. The van der Waals surface area contributed by atoms with Crippen LogP contribution < -0.4 is 15.8 Å². The Morgan fingerprint density at radius 2 is 2.00 bits per heavy atom. The average Bonchev–Trinajstić information content (AvgIpc) is 2.36. The Labute approximate surface area is 115 Å². The molecule has 4 heteroatoms. The number of anilines is 3. The number of aryl methyl sites for hydroxylation is 1. The molecule has 0 aliphatic rings. The Bertz CT molecular complexity index is 570. The van der Waals surface area contributed by atoms with Gasteiger partial charge in [-0.25, -0.2) is 0 Å². The van der Waals surface area contributed by atoms with Crippen LogP contribution in [0.4, 0.5) is 17.1 Å². The molecule has 0 saturated heterocycles. The maximum absolute atomic E-state index is 5.85. The van der Waals surface area contributed by atoms with Crippen molar-refractivity contribution < 1.29 is 4.74 Å². The molecule has 0 spiro atoms. The fourth-order valence-corrected chi connectivity index (χ4v) is 2.11. The lowest BCUT2D eigenvalue weighted by molar-refractivity contribution is 0.415. The summed E-state index contributed by atoms with van der Waals surface area (Å²) in [4.78, 5) is 0. The van der Waals surface area contributed by atoms with Crippen LogP contribution in [0, 0.1) is 6.92 Å². The molecule has 0 aliphatic heterocycles. The van der Waals surface area contributed by atoms with Crippen LogP contribution in [0.25, 0.3) is 0 Å². The summed E-state index contributed by atoms with van der Waals surface area (Å²) in [6.45, 7) is 1.98. The summed E-state index contributed by atoms with van der Waals surface area (Å²) >= 11 is 3.50. The van der Waals surface area contributed by atoms with Crippen LogP contribution >= 0.6 is 15.9 Å². The maximum atomic E-state index is 5.85. The molecule has 2 aromatic rings. The fourth-order valence-electron chi connectivity index (χ4n) is 1.65. The van der Waals surface area contributed by atoms with Gasteiger partial charge in [-0.1, -0.05) is 6.07 Å². The lowest BCUT2D eigenvalue weighted by Gasteiger charge is -2.12. The van der Waals surface area contributed by atoms with Crippen molar-refractivity contribution in [1.82, 2.24) is 0 Å². The summed E-state index contributed by atoms with van der Waals surface area (Å²) < 4.78 is 6.13. The predicted molar refractivity (Wildman–Crippen MR) is 79.6 cm³/mol. The third kappa shape index (κ3) is 2.76. The number of halogens is 1. The number of hydrogen-bond acceptors (Lipinski definition) is 3. The van der Waals surface area contributed by atoms with Crippen molar-refractivity contribution in [2.45, 2.75) is 6.92 Å². The molecule has 18 heavy (non-hydrogen) atoms. The van der Waals surface area contributed by atoms with Gasteiger partial charge < -0.3 is 15.8 Å². The Morgan fingerprint density at radius 1 is 1.22 bits per heavy atom. The normalized spacial score (nSPS) is 10.2. The van der Waals surface area contributed by atoms with Crippen LogP contribution in [0.1, 0.15) is 5.56 Å². The van der Waals surface area contributed by atoms with Crippen molar-refractivity contribution in [2.24, 2.45) is 0 Å². The zero-order valence-electron chi connectivity index (χ0n) is 10.3. The van der Waals surface area contributed by atoms with Crippen LogP contribution in [0.2, 0.25) is 0 Å². The zero-order chi connectivity index (χ0) is 13.1. The second kappa shape index (κ2) is 5.31. The van der Waals surface area contributed by atoms with Gasteiger partial charge in [0.1, 0.15) is 5.75 Å². The molecule has 0 heterocycles. The molecule has 94 valence electrons. The number of benzene rings is 2. The first-order chi connectivity index (χ1) is 8.60. The molecule has 3 nitrogen and oxygen atoms in total. The molecule has 0 aromatic heterocycles. The summed E-state index contributed by atoms with van der Waals surface area (Å²) in [6, 6.07) is 11.7. The third-order valence-corrected chi connectivity index (χ3v) is 3.36. The van der Waals surface area contributed by atoms with E-state index in [9.17, 15) is 0 Å². The minimum Gasteiger partial charge on any atom is -0.497 e. The molecule has 0 bridgehead atoms. The first kappa shape index (κ1) is 12.8. The van der Waals surface area contributed by atoms with Crippen LogP contribution in [0.3, 0.4) is 0 Å². The van der Waals surface area contributed by atoms with Gasteiger partial charge in [0.2, 0.25) is 0 Å². The van der Waals surface area contributed by atoms with Crippen molar-refractivity contribution in [3.63, 3.8) is 0 Å². The van der Waals surface area contributed by atoms with E-state index in [1.54, 1.807) is 7.11 Å². The van der Waals surface area contributed by atoms with Gasteiger partial charge in [0.15, 0.2) is 0 Å². The van der Waals surface area contributed by atoms with E-state index < -0.39 is 0 Å². The van der Waals surface area contributed by atoms with Gasteiger partial charge in [0.05, 0.1) is 12.8 Å². The summed E-state index contributed by atoms with van der Waals surface area (Å²) in [6.07, 6.45) is 0. The molecule has 2 rings (SSSR count). The Kier molecular flexibility index (Phi) is 3.77. The molecular formula is C14H15BrN2O. The van der Waals surface area contributed by atoms with E-state index in [0.29, 0.717) is 0 Å². The number of nitrogens with two attached hydrogens (primary N) is 1. The molecule has 0 aliphatic carbocycles. The minimum atomic E-state index is 0.776. The number of rotatable bonds is 3. The first-order valence-electron chi connectivity index (χ1n) is 5.57. The SMILES string of the molecule is COc1cccc(Nc2cc(C)c(N)cc2Br)c1. The Hall–Kier alpha value is -1.68. The molecule has 0 saturated carbocycles. The van der Waals surface area contributed by atoms with E-state index in [1.165, 1.54) is 0 Å². The van der Waals surface area contributed by atoms with Gasteiger partial charge in [-0.2, -0.15) is 0 Å². The highest BCUT2D eigenvalue weighted by molar-refractivity contribution is 9.10. The first-order valence-corrected chi connectivity index (χ1v) is 6.36. The summed E-state index contributed by atoms with van der Waals surface area (Å²) in [7, 11) is 1.66. The van der Waals surface area contributed by atoms with E-state index in [1.807, 2.05) is 43.3 Å². The lowest BCUT2D eigenvalue weighted by Crippen LogP contribution is -1.96. The predicted octanol–water partition coefficient (Wildman–Crippen LogP) is 4.09. The molecule has 0 atom stereocenters. The number of nitrogen functional groups attached to an aromatic ring is 1. The van der Waals surface area contributed by atoms with Crippen molar-refractivity contribution in [1.29, 1.82) is 0 Å². The standard InChI is InChI=1S/C14H15BrN2O/c1-9-6-14(12(15)8-13(9)16)17-10-4-3-5-11(7-10)18-2/h3-8,17H,16H2,1-2H3. The molecule has 0 fully saturated rings. The summed E-state index contributed by atoms with van der Waals surface area (Å²) in [5, 5.41) is 3.33. The third-order valence-electron chi connectivity index (χ3n) is 2.70. The van der Waals surface area contributed by atoms with E-state index in [0.717, 1.165) is 32.8 Å². The minimum absolute atomic E-state index is 0.776. The highest BCUT2D eigenvalue weighted by Gasteiger charge is 2.04. The molecule has 0 amide bonds. The van der Waals surface area contributed by atoms with Crippen molar-refractivity contribution in [3.05, 3.63) is 46.4 Å². The van der Waals surface area contributed by atoms with Crippen LogP contribution in [-0.2, 0) is 0 Å². The number of methoxy groups -OCH3 is 1. The topological polar surface area (TPSA) is 47.3 Å². The van der Waals surface area contributed by atoms with Crippen molar-refractivity contribution in [2.75, 3.05) is 18.2 Å². The van der Waals surface area contributed by atoms with Gasteiger partial charge in [-0.3, -0.25) is 0 Å². The zero-order valence-corrected chi connectivity index (χ0v) is 11.9.